The average molecular weight is 431 g/mol. The summed E-state index contributed by atoms with van der Waals surface area (Å²) in [6.07, 6.45) is 6.54. The van der Waals surface area contributed by atoms with Crippen LogP contribution in [-0.2, 0) is 6.42 Å². The molecular weight excluding hydrogens is 404 g/mol. The van der Waals surface area contributed by atoms with Gasteiger partial charge in [0.05, 0.1) is 17.1 Å². The van der Waals surface area contributed by atoms with E-state index in [0.29, 0.717) is 28.5 Å². The number of aliphatic imine (C=N–C) groups is 1. The molecule has 31 heavy (non-hydrogen) atoms. The second-order valence-electron chi connectivity index (χ2n) is 7.60. The summed E-state index contributed by atoms with van der Waals surface area (Å²) in [5.74, 6) is 0.900. The SMILES string of the molecule is CCCCCCCSc1nnc2c(n1)CC(C(=O)c1ccccc1)=Nc1ccccc1-2. The lowest BCUT2D eigenvalue weighted by atomic mass is 10.0. The van der Waals surface area contributed by atoms with Gasteiger partial charge in [-0.2, -0.15) is 0 Å². The Morgan fingerprint density at radius 2 is 1.71 bits per heavy atom. The van der Waals surface area contributed by atoms with Crippen molar-refractivity contribution in [3.63, 3.8) is 0 Å². The molecule has 0 spiro atoms. The second kappa shape index (κ2) is 10.4. The van der Waals surface area contributed by atoms with Crippen LogP contribution in [0.3, 0.4) is 0 Å². The van der Waals surface area contributed by atoms with Crippen LogP contribution >= 0.6 is 11.8 Å². The van der Waals surface area contributed by atoms with Gasteiger partial charge in [0.1, 0.15) is 5.69 Å². The summed E-state index contributed by atoms with van der Waals surface area (Å²) in [6, 6.07) is 17.0. The van der Waals surface area contributed by atoms with Gasteiger partial charge in [0.25, 0.3) is 0 Å². The van der Waals surface area contributed by atoms with Gasteiger partial charge in [-0.1, -0.05) is 92.9 Å². The number of Topliss-reactive ketones (excluding diaryl/α,β-unsaturated/α-hetero) is 1. The number of aromatic nitrogens is 3. The van der Waals surface area contributed by atoms with Crippen LogP contribution in [0.25, 0.3) is 11.3 Å². The van der Waals surface area contributed by atoms with Crippen LogP contribution in [0.15, 0.2) is 64.7 Å². The minimum absolute atomic E-state index is 0.0769. The molecule has 0 amide bonds. The van der Waals surface area contributed by atoms with Gasteiger partial charge in [-0.05, 0) is 12.5 Å². The van der Waals surface area contributed by atoms with Crippen molar-refractivity contribution in [2.24, 2.45) is 4.99 Å². The lowest BCUT2D eigenvalue weighted by Gasteiger charge is -2.08. The first-order valence-corrected chi connectivity index (χ1v) is 11.9. The van der Waals surface area contributed by atoms with E-state index in [1.807, 2.05) is 54.6 Å². The number of benzene rings is 2. The van der Waals surface area contributed by atoms with Crippen LogP contribution in [0.1, 0.15) is 55.1 Å². The van der Waals surface area contributed by atoms with Gasteiger partial charge >= 0.3 is 0 Å². The zero-order valence-corrected chi connectivity index (χ0v) is 18.6. The van der Waals surface area contributed by atoms with E-state index < -0.39 is 0 Å². The molecule has 2 aromatic carbocycles. The molecule has 0 N–H and O–H groups in total. The number of carbonyl (C=O) groups is 1. The molecular formula is C25H26N4OS. The lowest BCUT2D eigenvalue weighted by molar-refractivity contribution is 0.106. The van der Waals surface area contributed by atoms with Gasteiger partial charge < -0.3 is 0 Å². The Balaban J connectivity index is 1.59. The molecule has 4 rings (SSSR count). The molecule has 0 atom stereocenters. The monoisotopic (exact) mass is 430 g/mol. The number of hydrogen-bond acceptors (Lipinski definition) is 6. The van der Waals surface area contributed by atoms with E-state index in [4.69, 9.17) is 9.98 Å². The third-order valence-corrected chi connectivity index (χ3v) is 6.19. The summed E-state index contributed by atoms with van der Waals surface area (Å²) >= 11 is 1.64. The van der Waals surface area contributed by atoms with Crippen molar-refractivity contribution in [2.45, 2.75) is 50.6 Å². The van der Waals surface area contributed by atoms with E-state index in [0.717, 1.165) is 29.1 Å². The Morgan fingerprint density at radius 1 is 0.935 bits per heavy atom. The van der Waals surface area contributed by atoms with Crippen LogP contribution in [-0.4, -0.2) is 32.4 Å². The van der Waals surface area contributed by atoms with Crippen molar-refractivity contribution in [3.05, 3.63) is 65.9 Å². The molecule has 0 saturated heterocycles. The number of para-hydroxylation sites is 1. The van der Waals surface area contributed by atoms with Crippen LogP contribution in [0.5, 0.6) is 0 Å². The highest BCUT2D eigenvalue weighted by Crippen LogP contribution is 2.34. The molecule has 3 aromatic rings. The summed E-state index contributed by atoms with van der Waals surface area (Å²) < 4.78 is 0. The molecule has 0 unspecified atom stereocenters. The maximum Gasteiger partial charge on any atom is 0.209 e. The van der Waals surface area contributed by atoms with Gasteiger partial charge in [-0.3, -0.25) is 4.79 Å². The van der Waals surface area contributed by atoms with E-state index in [1.165, 1.54) is 25.7 Å². The Labute approximate surface area is 187 Å². The molecule has 0 bridgehead atoms. The normalized spacial score (nSPS) is 12.5. The largest absolute Gasteiger partial charge is 0.287 e. The highest BCUT2D eigenvalue weighted by atomic mass is 32.2. The fraction of sp³-hybridized carbons (Fsp3) is 0.320. The van der Waals surface area contributed by atoms with Gasteiger partial charge in [0.15, 0.2) is 0 Å². The van der Waals surface area contributed by atoms with Gasteiger partial charge in [-0.15, -0.1) is 10.2 Å². The van der Waals surface area contributed by atoms with E-state index in [-0.39, 0.29) is 5.78 Å². The summed E-state index contributed by atoms with van der Waals surface area (Å²) in [6.45, 7) is 2.22. The van der Waals surface area contributed by atoms with E-state index in [1.54, 1.807) is 11.8 Å². The van der Waals surface area contributed by atoms with Crippen molar-refractivity contribution in [1.29, 1.82) is 0 Å². The van der Waals surface area contributed by atoms with Crippen molar-refractivity contribution < 1.29 is 4.79 Å². The Bertz CT molecular complexity index is 1080. The van der Waals surface area contributed by atoms with Gasteiger partial charge in [-0.25, -0.2) is 9.98 Å². The molecule has 1 aliphatic heterocycles. The summed E-state index contributed by atoms with van der Waals surface area (Å²) in [5, 5.41) is 9.52. The van der Waals surface area contributed by atoms with Gasteiger partial charge in [0, 0.05) is 23.3 Å². The first kappa shape index (κ1) is 21.4. The number of carbonyl (C=O) groups excluding carboxylic acids is 1. The molecule has 0 aliphatic carbocycles. The topological polar surface area (TPSA) is 68.1 Å². The van der Waals surface area contributed by atoms with Crippen molar-refractivity contribution in [2.75, 3.05) is 5.75 Å². The Hall–Kier alpha value is -2.86. The fourth-order valence-electron chi connectivity index (χ4n) is 3.61. The van der Waals surface area contributed by atoms with Crippen molar-refractivity contribution >= 4 is 28.9 Å². The number of nitrogens with zero attached hydrogens (tertiary/aromatic N) is 4. The number of fused-ring (bicyclic) bond motifs is 3. The Morgan fingerprint density at radius 3 is 2.55 bits per heavy atom. The average Bonchev–Trinajstić information content (AvgIpc) is 2.98. The van der Waals surface area contributed by atoms with Crippen LogP contribution < -0.4 is 0 Å². The maximum atomic E-state index is 13.2. The zero-order chi connectivity index (χ0) is 21.5. The van der Waals surface area contributed by atoms with Crippen LogP contribution in [0, 0.1) is 0 Å². The van der Waals surface area contributed by atoms with Crippen molar-refractivity contribution in [3.8, 4) is 11.3 Å². The number of unbranched alkanes of at least 4 members (excludes halogenated alkanes) is 4. The first-order chi connectivity index (χ1) is 15.3. The molecule has 158 valence electrons. The third kappa shape index (κ3) is 5.25. The number of thioether (sulfide) groups is 1. The smallest absolute Gasteiger partial charge is 0.209 e. The standard InChI is InChI=1S/C25H26N4OS/c1-2-3-4-5-11-16-31-25-27-21-17-22(24(30)18-12-7-6-8-13-18)26-20-15-10-9-14-19(20)23(21)28-29-25/h6-10,12-15H,2-5,11,16-17H2,1H3. The quantitative estimate of drug-likeness (QED) is 0.233. The first-order valence-electron chi connectivity index (χ1n) is 10.9. The number of hydrogen-bond donors (Lipinski definition) is 0. The second-order valence-corrected chi connectivity index (χ2v) is 8.66. The molecule has 6 heteroatoms. The molecule has 0 saturated carbocycles. The van der Waals surface area contributed by atoms with Crippen LogP contribution in [0.4, 0.5) is 5.69 Å². The Kier molecular flexibility index (Phi) is 7.20. The molecule has 2 heterocycles. The molecule has 0 fully saturated rings. The highest BCUT2D eigenvalue weighted by Gasteiger charge is 2.24. The number of ketones is 1. The predicted octanol–water partition coefficient (Wildman–Crippen LogP) is 6.11. The number of rotatable bonds is 9. The minimum atomic E-state index is -0.0769. The highest BCUT2D eigenvalue weighted by molar-refractivity contribution is 7.99. The summed E-state index contributed by atoms with van der Waals surface area (Å²) in [5.41, 5.74) is 4.18. The molecule has 5 nitrogen and oxygen atoms in total. The minimum Gasteiger partial charge on any atom is -0.287 e. The van der Waals surface area contributed by atoms with Crippen LogP contribution in [0.2, 0.25) is 0 Å². The zero-order valence-electron chi connectivity index (χ0n) is 17.8. The summed E-state index contributed by atoms with van der Waals surface area (Å²) in [4.78, 5) is 22.7. The fourth-order valence-corrected chi connectivity index (χ4v) is 4.41. The molecule has 1 aliphatic rings. The third-order valence-electron chi connectivity index (χ3n) is 5.27. The van der Waals surface area contributed by atoms with Crippen molar-refractivity contribution in [1.82, 2.24) is 15.2 Å². The molecule has 0 radical (unpaired) electrons. The maximum absolute atomic E-state index is 13.2. The van der Waals surface area contributed by atoms with E-state index in [2.05, 4.69) is 17.1 Å². The lowest BCUT2D eigenvalue weighted by Crippen LogP contribution is -2.18. The predicted molar refractivity (Wildman–Crippen MR) is 126 cm³/mol. The summed E-state index contributed by atoms with van der Waals surface area (Å²) in [7, 11) is 0. The van der Waals surface area contributed by atoms with E-state index in [9.17, 15) is 4.79 Å². The van der Waals surface area contributed by atoms with Gasteiger partial charge in [0.2, 0.25) is 10.9 Å². The van der Waals surface area contributed by atoms with E-state index >= 15 is 0 Å². The molecule has 1 aromatic heterocycles.